The summed E-state index contributed by atoms with van der Waals surface area (Å²) >= 11 is 0. The topological polar surface area (TPSA) is 91.3 Å². The maximum Gasteiger partial charge on any atom is 0.267 e. The number of rotatable bonds is 3. The monoisotopic (exact) mass is 268 g/mol. The molecule has 17 heavy (non-hydrogen) atoms. The summed E-state index contributed by atoms with van der Waals surface area (Å²) in [6.07, 6.45) is -2.52. The molecule has 0 aromatic carbocycles. The lowest BCUT2D eigenvalue weighted by atomic mass is 10.2. The summed E-state index contributed by atoms with van der Waals surface area (Å²) in [5.41, 5.74) is 0. The Morgan fingerprint density at radius 3 is 2.41 bits per heavy atom. The third-order valence-electron chi connectivity index (χ3n) is 2.71. The lowest BCUT2D eigenvalue weighted by Crippen LogP contribution is -2.34. The highest BCUT2D eigenvalue weighted by molar-refractivity contribution is 7.85. The van der Waals surface area contributed by atoms with Crippen molar-refractivity contribution in [2.24, 2.45) is 0 Å². The molecular weight excluding hydrogens is 252 g/mol. The Morgan fingerprint density at radius 1 is 1.29 bits per heavy atom. The van der Waals surface area contributed by atoms with Gasteiger partial charge in [0.2, 0.25) is 0 Å². The van der Waals surface area contributed by atoms with Gasteiger partial charge >= 0.3 is 0 Å². The molecule has 0 saturated carbocycles. The van der Waals surface area contributed by atoms with E-state index in [-0.39, 0.29) is 0 Å². The van der Waals surface area contributed by atoms with Crippen LogP contribution in [0.15, 0.2) is 0 Å². The molecule has 0 bridgehead atoms. The first-order valence-corrected chi connectivity index (χ1v) is 6.82. The maximum atomic E-state index is 10.9. The Labute approximate surface area is 99.7 Å². The van der Waals surface area contributed by atoms with Crippen molar-refractivity contribution in [3.63, 3.8) is 0 Å². The van der Waals surface area contributed by atoms with Crippen LogP contribution in [0, 0.1) is 0 Å². The molecule has 8 heteroatoms. The summed E-state index contributed by atoms with van der Waals surface area (Å²) in [6.45, 7) is 3.45. The van der Waals surface area contributed by atoms with Gasteiger partial charge in [-0.05, 0) is 13.8 Å². The van der Waals surface area contributed by atoms with Crippen LogP contribution in [0.2, 0.25) is 0 Å². The van der Waals surface area contributed by atoms with E-state index in [0.29, 0.717) is 0 Å². The summed E-state index contributed by atoms with van der Waals surface area (Å²) < 4.78 is 52.1. The largest absolute Gasteiger partial charge is 0.353 e. The minimum Gasteiger partial charge on any atom is -0.353 e. The molecule has 0 spiro atoms. The number of hydrogen-bond acceptors (Lipinski definition) is 6. The predicted molar refractivity (Wildman–Crippen MR) is 55.9 cm³/mol. The highest BCUT2D eigenvalue weighted by Gasteiger charge is 2.56. The van der Waals surface area contributed by atoms with Gasteiger partial charge in [-0.1, -0.05) is 0 Å². The van der Waals surface area contributed by atoms with Gasteiger partial charge in [0.05, 0.1) is 0 Å². The van der Waals surface area contributed by atoms with Crippen molar-refractivity contribution >= 4 is 10.1 Å². The van der Waals surface area contributed by atoms with Crippen LogP contribution in [0.25, 0.3) is 0 Å². The van der Waals surface area contributed by atoms with E-state index in [1.54, 1.807) is 13.8 Å². The SMILES string of the molecule is CO[C@@H]1O[C@H](CS(=O)(=O)O)[C@H]2OC(C)(C)O[C@@H]12. The Bertz CT molecular complexity index is 390. The molecule has 100 valence electrons. The van der Waals surface area contributed by atoms with E-state index in [1.165, 1.54) is 7.11 Å². The summed E-state index contributed by atoms with van der Waals surface area (Å²) in [4.78, 5) is 0. The van der Waals surface area contributed by atoms with Gasteiger partial charge in [0.15, 0.2) is 12.1 Å². The van der Waals surface area contributed by atoms with Crippen LogP contribution in [0.5, 0.6) is 0 Å². The standard InChI is InChI=1S/C9H16O7S/c1-9(2)15-6-5(4-17(10,11)12)14-8(13-3)7(6)16-9/h5-8H,4H2,1-3H3,(H,10,11,12)/t5-,6-,7-,8-/m1/s1. The van der Waals surface area contributed by atoms with Gasteiger partial charge in [0.1, 0.15) is 24.1 Å². The van der Waals surface area contributed by atoms with Crippen molar-refractivity contribution < 1.29 is 31.9 Å². The molecule has 0 radical (unpaired) electrons. The molecule has 0 unspecified atom stereocenters. The first-order chi connectivity index (χ1) is 7.72. The molecule has 2 aliphatic rings. The second-order valence-electron chi connectivity index (χ2n) is 4.59. The predicted octanol–water partition coefficient (Wildman–Crippen LogP) is -0.234. The first-order valence-electron chi connectivity index (χ1n) is 5.21. The molecule has 0 aromatic rings. The lowest BCUT2D eigenvalue weighted by Gasteiger charge is -2.23. The van der Waals surface area contributed by atoms with E-state index in [0.717, 1.165) is 0 Å². The highest BCUT2D eigenvalue weighted by Crippen LogP contribution is 2.39. The third kappa shape index (κ3) is 2.78. The van der Waals surface area contributed by atoms with Crippen LogP contribution in [-0.4, -0.2) is 56.2 Å². The van der Waals surface area contributed by atoms with Gasteiger partial charge in [-0.2, -0.15) is 8.42 Å². The molecule has 2 fully saturated rings. The minimum absolute atomic E-state index is 0.484. The molecule has 2 heterocycles. The van der Waals surface area contributed by atoms with Gasteiger partial charge < -0.3 is 18.9 Å². The fourth-order valence-electron chi connectivity index (χ4n) is 2.17. The van der Waals surface area contributed by atoms with Gasteiger partial charge in [-0.3, -0.25) is 4.55 Å². The normalized spacial score (nSPS) is 40.5. The first kappa shape index (κ1) is 13.2. The van der Waals surface area contributed by atoms with Gasteiger partial charge in [0.25, 0.3) is 10.1 Å². The Kier molecular flexibility index (Phi) is 3.22. The third-order valence-corrected chi connectivity index (χ3v) is 3.46. The Balaban J connectivity index is 2.15. The molecule has 1 N–H and O–H groups in total. The number of ether oxygens (including phenoxy) is 4. The van der Waals surface area contributed by atoms with Gasteiger partial charge in [0, 0.05) is 7.11 Å². The zero-order valence-electron chi connectivity index (χ0n) is 9.82. The zero-order chi connectivity index (χ0) is 12.8. The van der Waals surface area contributed by atoms with Crippen LogP contribution < -0.4 is 0 Å². The molecule has 0 aromatic heterocycles. The summed E-state index contributed by atoms with van der Waals surface area (Å²) in [7, 11) is -2.69. The summed E-state index contributed by atoms with van der Waals surface area (Å²) in [6, 6.07) is 0. The van der Waals surface area contributed by atoms with Crippen molar-refractivity contribution in [2.45, 2.75) is 44.2 Å². The highest BCUT2D eigenvalue weighted by atomic mass is 32.2. The smallest absolute Gasteiger partial charge is 0.267 e. The number of hydrogen-bond donors (Lipinski definition) is 1. The van der Waals surface area contributed by atoms with E-state index in [9.17, 15) is 8.42 Å². The molecule has 0 aliphatic carbocycles. The Hall–Kier alpha value is -0.250. The van der Waals surface area contributed by atoms with Crippen LogP contribution in [0.1, 0.15) is 13.8 Å². The van der Waals surface area contributed by atoms with Crippen molar-refractivity contribution in [2.75, 3.05) is 12.9 Å². The molecule has 2 saturated heterocycles. The average molecular weight is 268 g/mol. The Morgan fingerprint density at radius 2 is 1.88 bits per heavy atom. The van der Waals surface area contributed by atoms with E-state index >= 15 is 0 Å². The minimum atomic E-state index is -4.13. The molecule has 7 nitrogen and oxygen atoms in total. The molecule has 0 amide bonds. The quantitative estimate of drug-likeness (QED) is 0.706. The van der Waals surface area contributed by atoms with E-state index < -0.39 is 46.3 Å². The molecule has 4 atom stereocenters. The number of methoxy groups -OCH3 is 1. The van der Waals surface area contributed by atoms with Crippen LogP contribution in [0.3, 0.4) is 0 Å². The lowest BCUT2D eigenvalue weighted by molar-refractivity contribution is -0.224. The number of fused-ring (bicyclic) bond motifs is 1. The zero-order valence-corrected chi connectivity index (χ0v) is 10.6. The van der Waals surface area contributed by atoms with Gasteiger partial charge in [-0.15, -0.1) is 0 Å². The second kappa shape index (κ2) is 4.15. The molecule has 2 rings (SSSR count). The van der Waals surface area contributed by atoms with Crippen LogP contribution in [-0.2, 0) is 29.1 Å². The molecule has 2 aliphatic heterocycles. The van der Waals surface area contributed by atoms with Crippen molar-refractivity contribution in [1.29, 1.82) is 0 Å². The van der Waals surface area contributed by atoms with Crippen LogP contribution in [0.4, 0.5) is 0 Å². The average Bonchev–Trinajstić information content (AvgIpc) is 2.59. The van der Waals surface area contributed by atoms with Crippen molar-refractivity contribution in [3.05, 3.63) is 0 Å². The van der Waals surface area contributed by atoms with Crippen molar-refractivity contribution in [1.82, 2.24) is 0 Å². The maximum absolute atomic E-state index is 10.9. The molecular formula is C9H16O7S. The van der Waals surface area contributed by atoms with E-state index in [2.05, 4.69) is 0 Å². The van der Waals surface area contributed by atoms with E-state index in [4.69, 9.17) is 23.5 Å². The van der Waals surface area contributed by atoms with Gasteiger partial charge in [-0.25, -0.2) is 0 Å². The van der Waals surface area contributed by atoms with Crippen molar-refractivity contribution in [3.8, 4) is 0 Å². The van der Waals surface area contributed by atoms with E-state index in [1.807, 2.05) is 0 Å². The van der Waals surface area contributed by atoms with Crippen LogP contribution >= 0.6 is 0 Å². The summed E-state index contributed by atoms with van der Waals surface area (Å²) in [5.74, 6) is -1.35. The fourth-order valence-corrected chi connectivity index (χ4v) is 2.86. The second-order valence-corrected chi connectivity index (χ2v) is 6.09. The summed E-state index contributed by atoms with van der Waals surface area (Å²) in [5, 5.41) is 0. The fraction of sp³-hybridized carbons (Fsp3) is 1.00.